The highest BCUT2D eigenvalue weighted by Gasteiger charge is 2.20. The Hall–Kier alpha value is -4.13. The molecule has 7 nitrogen and oxygen atoms in total. The van der Waals surface area contributed by atoms with Crippen LogP contribution in [0.15, 0.2) is 65.5 Å². The Morgan fingerprint density at radius 3 is 2.46 bits per heavy atom. The first-order valence-electron chi connectivity index (χ1n) is 13.3. The number of esters is 1. The van der Waals surface area contributed by atoms with E-state index in [0.29, 0.717) is 16.7 Å². The molecule has 0 saturated carbocycles. The van der Waals surface area contributed by atoms with Crippen LogP contribution in [0.5, 0.6) is 0 Å². The van der Waals surface area contributed by atoms with Gasteiger partial charge in [-0.1, -0.05) is 25.5 Å². The molecule has 3 aromatic rings. The smallest absolute Gasteiger partial charge is 0.337 e. The number of methoxy groups -OCH3 is 1. The van der Waals surface area contributed by atoms with E-state index in [2.05, 4.69) is 48.2 Å². The van der Waals surface area contributed by atoms with Crippen molar-refractivity contribution in [2.45, 2.75) is 53.5 Å². The lowest BCUT2D eigenvalue weighted by Gasteiger charge is -2.15. The van der Waals surface area contributed by atoms with E-state index in [-0.39, 0.29) is 18.5 Å². The summed E-state index contributed by atoms with van der Waals surface area (Å²) in [5.74, 6) is -0.684. The average Bonchev–Trinajstić information content (AvgIpc) is 3.28. The van der Waals surface area contributed by atoms with Gasteiger partial charge in [0, 0.05) is 53.6 Å². The van der Waals surface area contributed by atoms with Crippen LogP contribution in [0.1, 0.15) is 72.9 Å². The van der Waals surface area contributed by atoms with Gasteiger partial charge in [-0.2, -0.15) is 0 Å². The summed E-state index contributed by atoms with van der Waals surface area (Å²) in [7, 11) is 3.19. The van der Waals surface area contributed by atoms with E-state index in [4.69, 9.17) is 4.74 Å². The highest BCUT2D eigenvalue weighted by atomic mass is 16.5. The van der Waals surface area contributed by atoms with Gasteiger partial charge < -0.3 is 19.9 Å². The second-order valence-electron chi connectivity index (χ2n) is 9.98. The Morgan fingerprint density at radius 2 is 1.85 bits per heavy atom. The van der Waals surface area contributed by atoms with Gasteiger partial charge in [-0.05, 0) is 86.7 Å². The number of aryl methyl sites for hydroxylation is 1. The van der Waals surface area contributed by atoms with E-state index in [1.165, 1.54) is 7.11 Å². The molecule has 0 fully saturated rings. The monoisotopic (exact) mass is 529 g/mol. The Balaban J connectivity index is 2.12. The molecule has 206 valence electrons. The largest absolute Gasteiger partial charge is 0.465 e. The van der Waals surface area contributed by atoms with E-state index < -0.39 is 5.97 Å². The molecule has 0 spiro atoms. The van der Waals surface area contributed by atoms with Crippen molar-refractivity contribution in [3.63, 3.8) is 0 Å². The molecule has 1 aromatic heterocycles. The van der Waals surface area contributed by atoms with Crippen LogP contribution in [0, 0.1) is 6.92 Å². The molecule has 0 saturated heterocycles. The first-order chi connectivity index (χ1) is 18.6. The topological polar surface area (TPSA) is 89.4 Å². The SMILES string of the molecule is CCCC(/C=C(/C)NC)=C(/C=O)CNC(=O)c1cc(-c2cccc(C(=O)OC)c2)cc2c1c(C)cn2C(C)C. The third kappa shape index (κ3) is 6.66. The summed E-state index contributed by atoms with van der Waals surface area (Å²) in [6, 6.07) is 11.3. The average molecular weight is 530 g/mol. The third-order valence-electron chi connectivity index (χ3n) is 6.84. The number of aromatic nitrogens is 1. The summed E-state index contributed by atoms with van der Waals surface area (Å²) < 4.78 is 7.05. The summed E-state index contributed by atoms with van der Waals surface area (Å²) >= 11 is 0. The fraction of sp³-hybridized carbons (Fsp3) is 0.344. The Labute approximate surface area is 230 Å². The van der Waals surface area contributed by atoms with Crippen LogP contribution in [0.25, 0.3) is 22.0 Å². The maximum absolute atomic E-state index is 13.7. The molecular weight excluding hydrogens is 490 g/mol. The van der Waals surface area contributed by atoms with Gasteiger partial charge >= 0.3 is 5.97 Å². The van der Waals surface area contributed by atoms with Crippen molar-refractivity contribution in [3.05, 3.63) is 82.2 Å². The number of hydrogen-bond acceptors (Lipinski definition) is 5. The number of fused-ring (bicyclic) bond motifs is 1. The molecule has 39 heavy (non-hydrogen) atoms. The van der Waals surface area contributed by atoms with Gasteiger partial charge in [0.05, 0.1) is 12.7 Å². The number of carbonyl (C=O) groups excluding carboxylic acids is 3. The first-order valence-corrected chi connectivity index (χ1v) is 13.3. The minimum atomic E-state index is -0.420. The Kier molecular flexibility index (Phi) is 9.88. The van der Waals surface area contributed by atoms with Gasteiger partial charge in [-0.25, -0.2) is 4.79 Å². The van der Waals surface area contributed by atoms with Gasteiger partial charge in [0.15, 0.2) is 0 Å². The van der Waals surface area contributed by atoms with E-state index in [1.807, 2.05) is 39.1 Å². The number of nitrogens with zero attached hydrogens (tertiary/aromatic N) is 1. The summed E-state index contributed by atoms with van der Waals surface area (Å²) in [6.45, 7) is 10.3. The van der Waals surface area contributed by atoms with E-state index in [1.54, 1.807) is 18.2 Å². The Morgan fingerprint density at radius 1 is 1.10 bits per heavy atom. The van der Waals surface area contributed by atoms with Crippen LogP contribution in [0.4, 0.5) is 0 Å². The molecule has 0 aliphatic carbocycles. The van der Waals surface area contributed by atoms with Crippen molar-refractivity contribution in [1.82, 2.24) is 15.2 Å². The lowest BCUT2D eigenvalue weighted by molar-refractivity contribution is -0.105. The standard InChI is InChI=1S/C32H39N3O4/c1-8-10-23(13-22(5)33-6)27(19-36)17-34-31(37)28-15-26(24-11-9-12-25(14-24)32(38)39-7)16-29-30(28)21(4)18-35(29)20(2)3/h9,11-16,18-20,33H,8,10,17H2,1-7H3,(H,34,37)/b22-13-,27-23-. The van der Waals surface area contributed by atoms with Crippen LogP contribution in [-0.2, 0) is 9.53 Å². The van der Waals surface area contributed by atoms with Crippen LogP contribution in [0.3, 0.4) is 0 Å². The molecule has 0 unspecified atom stereocenters. The second kappa shape index (κ2) is 13.1. The lowest BCUT2D eigenvalue weighted by Crippen LogP contribution is -2.27. The van der Waals surface area contributed by atoms with E-state index in [0.717, 1.165) is 58.0 Å². The highest BCUT2D eigenvalue weighted by Crippen LogP contribution is 2.33. The molecule has 0 aliphatic rings. The molecule has 1 amide bonds. The van der Waals surface area contributed by atoms with Crippen molar-refractivity contribution < 1.29 is 19.1 Å². The number of rotatable bonds is 11. The molecule has 7 heteroatoms. The number of aldehydes is 1. The van der Waals surface area contributed by atoms with Crippen molar-refractivity contribution >= 4 is 29.1 Å². The molecule has 2 N–H and O–H groups in total. The summed E-state index contributed by atoms with van der Waals surface area (Å²) in [5, 5.41) is 6.95. The van der Waals surface area contributed by atoms with Crippen LogP contribution < -0.4 is 10.6 Å². The van der Waals surface area contributed by atoms with E-state index in [9.17, 15) is 14.4 Å². The van der Waals surface area contributed by atoms with Gasteiger partial charge in [0.25, 0.3) is 5.91 Å². The summed E-state index contributed by atoms with van der Waals surface area (Å²) in [6.07, 6.45) is 6.45. The van der Waals surface area contributed by atoms with Crippen LogP contribution in [0.2, 0.25) is 0 Å². The summed E-state index contributed by atoms with van der Waals surface area (Å²) in [5.41, 5.74) is 6.88. The van der Waals surface area contributed by atoms with Crippen molar-refractivity contribution in [3.8, 4) is 11.1 Å². The number of benzene rings is 2. The fourth-order valence-electron chi connectivity index (χ4n) is 4.73. The maximum Gasteiger partial charge on any atom is 0.337 e. The predicted molar refractivity (Wildman–Crippen MR) is 157 cm³/mol. The second-order valence-corrected chi connectivity index (χ2v) is 9.98. The molecule has 3 rings (SSSR count). The molecule has 0 bridgehead atoms. The summed E-state index contributed by atoms with van der Waals surface area (Å²) in [4.78, 5) is 37.9. The zero-order valence-corrected chi connectivity index (χ0v) is 24.0. The number of nitrogens with one attached hydrogen (secondary N) is 2. The Bertz CT molecular complexity index is 1440. The van der Waals surface area contributed by atoms with Gasteiger partial charge in [0.1, 0.15) is 6.29 Å². The maximum atomic E-state index is 13.7. The lowest BCUT2D eigenvalue weighted by atomic mass is 9.96. The number of carbonyl (C=O) groups is 3. The number of hydrogen-bond donors (Lipinski definition) is 2. The fourth-order valence-corrected chi connectivity index (χ4v) is 4.73. The van der Waals surface area contributed by atoms with E-state index >= 15 is 0 Å². The zero-order chi connectivity index (χ0) is 28.7. The number of ether oxygens (including phenoxy) is 1. The molecule has 0 radical (unpaired) electrons. The third-order valence-corrected chi connectivity index (χ3v) is 6.84. The van der Waals surface area contributed by atoms with Crippen LogP contribution >= 0.6 is 0 Å². The van der Waals surface area contributed by atoms with Gasteiger partial charge in [-0.3, -0.25) is 9.59 Å². The minimum absolute atomic E-state index is 0.124. The highest BCUT2D eigenvalue weighted by molar-refractivity contribution is 6.10. The molecular formula is C32H39N3O4. The molecule has 0 aliphatic heterocycles. The minimum Gasteiger partial charge on any atom is -0.465 e. The van der Waals surface area contributed by atoms with Gasteiger partial charge in [-0.15, -0.1) is 0 Å². The van der Waals surface area contributed by atoms with Crippen molar-refractivity contribution in [2.24, 2.45) is 0 Å². The predicted octanol–water partition coefficient (Wildman–Crippen LogP) is 6.13. The van der Waals surface area contributed by atoms with Gasteiger partial charge in [0.2, 0.25) is 0 Å². The first kappa shape index (κ1) is 29.4. The quantitative estimate of drug-likeness (QED) is 0.135. The van der Waals surface area contributed by atoms with Crippen molar-refractivity contribution in [2.75, 3.05) is 20.7 Å². The number of allylic oxidation sites excluding steroid dienone is 3. The molecule has 1 heterocycles. The molecule has 0 atom stereocenters. The van der Waals surface area contributed by atoms with Crippen molar-refractivity contribution in [1.29, 1.82) is 0 Å². The molecule has 2 aromatic carbocycles. The van der Waals surface area contributed by atoms with Crippen LogP contribution in [-0.4, -0.2) is 43.4 Å². The normalized spacial score (nSPS) is 12.4. The number of amides is 1. The zero-order valence-electron chi connectivity index (χ0n) is 24.0.